The molecule has 0 aliphatic carbocycles. The lowest BCUT2D eigenvalue weighted by atomic mass is 10.2. The van der Waals surface area contributed by atoms with E-state index in [9.17, 15) is 22.0 Å². The highest BCUT2D eigenvalue weighted by atomic mass is 32.2. The van der Waals surface area contributed by atoms with E-state index in [1.807, 2.05) is 0 Å². The highest BCUT2D eigenvalue weighted by Gasteiger charge is 2.15. The number of carbonyl (C=O) groups is 1. The predicted octanol–water partition coefficient (Wildman–Crippen LogP) is 2.40. The number of sulfonamides is 1. The molecule has 0 fully saturated rings. The molecule has 0 aliphatic heterocycles. The Balaban J connectivity index is 2.10. The Morgan fingerprint density at radius 3 is 2.30 bits per heavy atom. The molecule has 0 saturated carbocycles. The van der Waals surface area contributed by atoms with Crippen molar-refractivity contribution < 1.29 is 22.0 Å². The Morgan fingerprint density at radius 2 is 1.74 bits per heavy atom. The van der Waals surface area contributed by atoms with Crippen LogP contribution in [0.25, 0.3) is 0 Å². The Bertz CT molecular complexity index is 821. The van der Waals surface area contributed by atoms with Crippen molar-refractivity contribution in [2.24, 2.45) is 0 Å². The zero-order chi connectivity index (χ0) is 17.0. The van der Waals surface area contributed by atoms with Crippen molar-refractivity contribution in [3.8, 4) is 0 Å². The van der Waals surface area contributed by atoms with Crippen molar-refractivity contribution in [3.05, 3.63) is 59.7 Å². The van der Waals surface area contributed by atoms with E-state index in [1.165, 1.54) is 37.3 Å². The van der Waals surface area contributed by atoms with Gasteiger partial charge in [-0.2, -0.15) is 0 Å². The van der Waals surface area contributed by atoms with Crippen LogP contribution in [0.4, 0.5) is 14.5 Å². The highest BCUT2D eigenvalue weighted by molar-refractivity contribution is 7.89. The van der Waals surface area contributed by atoms with Crippen LogP contribution in [0.5, 0.6) is 0 Å². The van der Waals surface area contributed by atoms with E-state index in [2.05, 4.69) is 10.0 Å². The molecule has 0 aliphatic rings. The summed E-state index contributed by atoms with van der Waals surface area (Å²) in [5.74, 6) is -1.83. The van der Waals surface area contributed by atoms with Crippen molar-refractivity contribution >= 4 is 21.6 Å². The topological polar surface area (TPSA) is 75.3 Å². The molecule has 0 aromatic heterocycles. The summed E-state index contributed by atoms with van der Waals surface area (Å²) in [6.45, 7) is 1.03. The summed E-state index contributed by atoms with van der Waals surface area (Å²) in [5.41, 5.74) is 0.492. The van der Waals surface area contributed by atoms with Gasteiger partial charge in [0.05, 0.1) is 4.90 Å². The molecule has 0 unspecified atom stereocenters. The summed E-state index contributed by atoms with van der Waals surface area (Å²) in [6, 6.07) is 8.42. The lowest BCUT2D eigenvalue weighted by Gasteiger charge is -2.09. The fourth-order valence-electron chi connectivity index (χ4n) is 1.84. The molecule has 0 heterocycles. The molecular formula is C15H14F2N2O3S. The Kier molecular flexibility index (Phi) is 5.07. The molecule has 0 saturated heterocycles. The molecule has 8 heteroatoms. The van der Waals surface area contributed by atoms with Gasteiger partial charge in [-0.3, -0.25) is 4.79 Å². The van der Waals surface area contributed by atoms with Gasteiger partial charge < -0.3 is 5.32 Å². The number of amides is 1. The lowest BCUT2D eigenvalue weighted by molar-refractivity contribution is -0.114. The SMILES string of the molecule is CC(=O)Nc1ccc(S(=O)(=O)NCc2ccc(F)cc2F)cc1. The second kappa shape index (κ2) is 6.84. The molecule has 2 N–H and O–H groups in total. The third kappa shape index (κ3) is 4.57. The molecule has 122 valence electrons. The van der Waals surface area contributed by atoms with Gasteiger partial charge in [0.1, 0.15) is 11.6 Å². The number of benzene rings is 2. The summed E-state index contributed by atoms with van der Waals surface area (Å²) in [4.78, 5) is 10.9. The number of rotatable bonds is 5. The summed E-state index contributed by atoms with van der Waals surface area (Å²) in [5, 5.41) is 2.51. The first-order valence-electron chi connectivity index (χ1n) is 6.59. The van der Waals surface area contributed by atoms with Crippen LogP contribution >= 0.6 is 0 Å². The second-order valence-corrected chi connectivity index (χ2v) is 6.53. The van der Waals surface area contributed by atoms with Gasteiger partial charge in [0.2, 0.25) is 15.9 Å². The van der Waals surface area contributed by atoms with Crippen LogP contribution in [-0.4, -0.2) is 14.3 Å². The van der Waals surface area contributed by atoms with E-state index in [0.717, 1.165) is 6.07 Å². The molecule has 0 atom stereocenters. The van der Waals surface area contributed by atoms with Crippen LogP contribution in [0.15, 0.2) is 47.4 Å². The number of hydrogen-bond acceptors (Lipinski definition) is 3. The van der Waals surface area contributed by atoms with Crippen molar-refractivity contribution in [2.75, 3.05) is 5.32 Å². The quantitative estimate of drug-likeness (QED) is 0.878. The summed E-state index contributed by atoms with van der Waals surface area (Å²) < 4.78 is 52.8. The standard InChI is InChI=1S/C15H14F2N2O3S/c1-10(20)19-13-4-6-14(7-5-13)23(21,22)18-9-11-2-3-12(16)8-15(11)17/h2-8,18H,9H2,1H3,(H,19,20). The Morgan fingerprint density at radius 1 is 1.09 bits per heavy atom. The molecule has 2 aromatic rings. The number of halogens is 2. The third-order valence-corrected chi connectivity index (χ3v) is 4.37. The maximum Gasteiger partial charge on any atom is 0.240 e. The van der Waals surface area contributed by atoms with E-state index < -0.39 is 21.7 Å². The number of hydrogen-bond donors (Lipinski definition) is 2. The zero-order valence-electron chi connectivity index (χ0n) is 12.1. The number of nitrogens with one attached hydrogen (secondary N) is 2. The zero-order valence-corrected chi connectivity index (χ0v) is 13.0. The van der Waals surface area contributed by atoms with Crippen molar-refractivity contribution in [1.82, 2.24) is 4.72 Å². The molecule has 2 aromatic carbocycles. The van der Waals surface area contributed by atoms with E-state index in [-0.39, 0.29) is 22.9 Å². The van der Waals surface area contributed by atoms with Crippen LogP contribution in [0.3, 0.4) is 0 Å². The monoisotopic (exact) mass is 340 g/mol. The minimum Gasteiger partial charge on any atom is -0.326 e. The van der Waals surface area contributed by atoms with Crippen LogP contribution < -0.4 is 10.0 Å². The van der Waals surface area contributed by atoms with Crippen LogP contribution in [-0.2, 0) is 21.4 Å². The van der Waals surface area contributed by atoms with E-state index in [1.54, 1.807) is 0 Å². The van der Waals surface area contributed by atoms with Crippen molar-refractivity contribution in [2.45, 2.75) is 18.4 Å². The molecule has 0 radical (unpaired) electrons. The molecule has 5 nitrogen and oxygen atoms in total. The van der Waals surface area contributed by atoms with Gasteiger partial charge in [-0.05, 0) is 30.3 Å². The predicted molar refractivity (Wildman–Crippen MR) is 81.1 cm³/mol. The number of anilines is 1. The Hall–Kier alpha value is -2.32. The fraction of sp³-hybridized carbons (Fsp3) is 0.133. The molecule has 1 amide bonds. The molecule has 0 spiro atoms. The van der Waals surface area contributed by atoms with Gasteiger partial charge in [0.25, 0.3) is 0 Å². The average molecular weight is 340 g/mol. The minimum atomic E-state index is -3.85. The summed E-state index contributed by atoms with van der Waals surface area (Å²) in [6.07, 6.45) is 0. The highest BCUT2D eigenvalue weighted by Crippen LogP contribution is 2.15. The fourth-order valence-corrected chi connectivity index (χ4v) is 2.85. The first-order valence-corrected chi connectivity index (χ1v) is 8.07. The maximum absolute atomic E-state index is 13.5. The van der Waals surface area contributed by atoms with Crippen molar-refractivity contribution in [3.63, 3.8) is 0 Å². The third-order valence-electron chi connectivity index (χ3n) is 2.95. The summed E-state index contributed by atoms with van der Waals surface area (Å²) in [7, 11) is -3.85. The van der Waals surface area contributed by atoms with E-state index >= 15 is 0 Å². The van der Waals surface area contributed by atoms with E-state index in [4.69, 9.17) is 0 Å². The normalized spacial score (nSPS) is 11.3. The second-order valence-electron chi connectivity index (χ2n) is 4.77. The minimum absolute atomic E-state index is 0.0323. The van der Waals surface area contributed by atoms with Gasteiger partial charge in [-0.1, -0.05) is 6.07 Å². The van der Waals surface area contributed by atoms with Gasteiger partial charge in [0.15, 0.2) is 0 Å². The van der Waals surface area contributed by atoms with Crippen molar-refractivity contribution in [1.29, 1.82) is 0 Å². The molecular weight excluding hydrogens is 326 g/mol. The van der Waals surface area contributed by atoms with Crippen LogP contribution in [0.2, 0.25) is 0 Å². The van der Waals surface area contributed by atoms with Gasteiger partial charge in [-0.25, -0.2) is 21.9 Å². The first kappa shape index (κ1) is 17.0. The van der Waals surface area contributed by atoms with Gasteiger partial charge >= 0.3 is 0 Å². The Labute approximate surface area is 132 Å². The average Bonchev–Trinajstić information content (AvgIpc) is 2.46. The molecule has 2 rings (SSSR count). The largest absolute Gasteiger partial charge is 0.326 e. The van der Waals surface area contributed by atoms with Crippen LogP contribution in [0.1, 0.15) is 12.5 Å². The maximum atomic E-state index is 13.5. The van der Waals surface area contributed by atoms with Gasteiger partial charge in [-0.15, -0.1) is 0 Å². The van der Waals surface area contributed by atoms with E-state index in [0.29, 0.717) is 11.8 Å². The lowest BCUT2D eigenvalue weighted by Crippen LogP contribution is -2.23. The number of carbonyl (C=O) groups excluding carboxylic acids is 1. The first-order chi connectivity index (χ1) is 10.8. The summed E-state index contributed by atoms with van der Waals surface area (Å²) >= 11 is 0. The van der Waals surface area contributed by atoms with Gasteiger partial charge in [0, 0.05) is 30.8 Å². The van der Waals surface area contributed by atoms with Crippen LogP contribution in [0, 0.1) is 11.6 Å². The smallest absolute Gasteiger partial charge is 0.240 e. The molecule has 23 heavy (non-hydrogen) atoms. The molecule has 0 bridgehead atoms.